The summed E-state index contributed by atoms with van der Waals surface area (Å²) >= 11 is 0. The Kier molecular flexibility index (Phi) is 5.14. The average molecular weight is 375 g/mol. The van der Waals surface area contributed by atoms with Gasteiger partial charge in [0.25, 0.3) is 5.91 Å². The lowest BCUT2D eigenvalue weighted by Gasteiger charge is -2.30. The molecule has 4 nitrogen and oxygen atoms in total. The van der Waals surface area contributed by atoms with Gasteiger partial charge in [0.05, 0.1) is 11.8 Å². The second-order valence-electron chi connectivity index (χ2n) is 6.91. The summed E-state index contributed by atoms with van der Waals surface area (Å²) in [6, 6.07) is 12.9. The number of hydrogen-bond donors (Lipinski definition) is 0. The van der Waals surface area contributed by atoms with Crippen molar-refractivity contribution in [2.24, 2.45) is 0 Å². The van der Waals surface area contributed by atoms with Gasteiger partial charge in [0, 0.05) is 23.4 Å². The van der Waals surface area contributed by atoms with E-state index >= 15 is 0 Å². The first-order valence-corrected chi connectivity index (χ1v) is 10.7. The first-order valence-electron chi connectivity index (χ1n) is 8.60. The summed E-state index contributed by atoms with van der Waals surface area (Å²) in [5.74, 6) is -0.532. The van der Waals surface area contributed by atoms with E-state index in [9.17, 15) is 17.6 Å². The van der Waals surface area contributed by atoms with Crippen LogP contribution in [0.2, 0.25) is 0 Å². The molecule has 0 saturated heterocycles. The molecule has 2 aromatic rings. The van der Waals surface area contributed by atoms with Crippen LogP contribution in [0.1, 0.15) is 47.3 Å². The number of sulfone groups is 1. The van der Waals surface area contributed by atoms with Crippen LogP contribution in [0.25, 0.3) is 0 Å². The molecule has 6 heteroatoms. The van der Waals surface area contributed by atoms with Crippen LogP contribution < -0.4 is 0 Å². The van der Waals surface area contributed by atoms with Gasteiger partial charge in [0.15, 0.2) is 9.84 Å². The molecular weight excluding hydrogens is 353 g/mol. The van der Waals surface area contributed by atoms with Gasteiger partial charge in [-0.2, -0.15) is 0 Å². The molecule has 1 atom stereocenters. The van der Waals surface area contributed by atoms with E-state index in [0.717, 1.165) is 12.8 Å². The second-order valence-corrected chi connectivity index (χ2v) is 9.05. The highest BCUT2D eigenvalue weighted by Gasteiger charge is 2.37. The first-order chi connectivity index (χ1) is 12.3. The van der Waals surface area contributed by atoms with E-state index in [1.54, 1.807) is 47.4 Å². The molecule has 1 aliphatic rings. The van der Waals surface area contributed by atoms with Gasteiger partial charge in [-0.05, 0) is 43.5 Å². The van der Waals surface area contributed by atoms with Crippen LogP contribution in [-0.2, 0) is 15.6 Å². The lowest BCUT2D eigenvalue weighted by Crippen LogP contribution is -2.36. The van der Waals surface area contributed by atoms with Crippen molar-refractivity contribution in [2.75, 3.05) is 6.26 Å². The molecule has 1 unspecified atom stereocenters. The maximum atomic E-state index is 14.2. The smallest absolute Gasteiger partial charge is 0.254 e. The third-order valence-electron chi connectivity index (χ3n) is 4.58. The summed E-state index contributed by atoms with van der Waals surface area (Å²) in [5.41, 5.74) is 1.63. The van der Waals surface area contributed by atoms with Gasteiger partial charge in [-0.1, -0.05) is 30.3 Å². The number of benzene rings is 2. The van der Waals surface area contributed by atoms with Crippen LogP contribution in [0.5, 0.6) is 0 Å². The fourth-order valence-electron chi connectivity index (χ4n) is 3.17. The topological polar surface area (TPSA) is 54.5 Å². The van der Waals surface area contributed by atoms with Crippen LogP contribution in [0, 0.1) is 5.82 Å². The number of nitrogens with zero attached hydrogens (tertiary/aromatic N) is 1. The molecule has 1 fully saturated rings. The number of hydrogen-bond acceptors (Lipinski definition) is 3. The third kappa shape index (κ3) is 4.30. The summed E-state index contributed by atoms with van der Waals surface area (Å²) in [6.45, 7) is 1.84. The van der Waals surface area contributed by atoms with Crippen molar-refractivity contribution < 1.29 is 17.6 Å². The van der Waals surface area contributed by atoms with Crippen molar-refractivity contribution in [1.82, 2.24) is 4.90 Å². The van der Waals surface area contributed by atoms with Gasteiger partial charge in [-0.3, -0.25) is 4.79 Å². The molecule has 2 aromatic carbocycles. The Morgan fingerprint density at radius 3 is 2.31 bits per heavy atom. The van der Waals surface area contributed by atoms with Crippen molar-refractivity contribution in [3.63, 3.8) is 0 Å². The average Bonchev–Trinajstić information content (AvgIpc) is 3.39. The maximum Gasteiger partial charge on any atom is 0.254 e. The van der Waals surface area contributed by atoms with Gasteiger partial charge in [-0.15, -0.1) is 0 Å². The molecule has 26 heavy (non-hydrogen) atoms. The Morgan fingerprint density at radius 1 is 1.15 bits per heavy atom. The molecule has 3 rings (SSSR count). The number of carbonyl (C=O) groups is 1. The summed E-state index contributed by atoms with van der Waals surface area (Å²) in [6.07, 6.45) is 3.00. The Hall–Kier alpha value is -2.21. The van der Waals surface area contributed by atoms with Gasteiger partial charge >= 0.3 is 0 Å². The highest BCUT2D eigenvalue weighted by Crippen LogP contribution is 2.36. The molecule has 138 valence electrons. The SMILES string of the molecule is CC(c1ccccc1F)N(C(=O)c1ccc(CS(C)(=O)=O)cc1)C1CC1. The Labute approximate surface area is 153 Å². The Balaban J connectivity index is 1.85. The molecule has 0 spiro atoms. The third-order valence-corrected chi connectivity index (χ3v) is 5.43. The maximum absolute atomic E-state index is 14.2. The van der Waals surface area contributed by atoms with Crippen LogP contribution in [-0.4, -0.2) is 31.5 Å². The lowest BCUT2D eigenvalue weighted by atomic mass is 10.0. The van der Waals surface area contributed by atoms with E-state index in [4.69, 9.17) is 0 Å². The van der Waals surface area contributed by atoms with E-state index in [1.807, 2.05) is 6.92 Å². The van der Waals surface area contributed by atoms with Crippen LogP contribution in [0.4, 0.5) is 4.39 Å². The lowest BCUT2D eigenvalue weighted by molar-refractivity contribution is 0.0671. The fraction of sp³-hybridized carbons (Fsp3) is 0.350. The van der Waals surface area contributed by atoms with E-state index in [1.165, 1.54) is 12.3 Å². The molecule has 1 saturated carbocycles. The minimum Gasteiger partial charge on any atom is -0.329 e. The van der Waals surface area contributed by atoms with Crippen molar-refractivity contribution in [3.05, 3.63) is 71.0 Å². The summed E-state index contributed by atoms with van der Waals surface area (Å²) in [4.78, 5) is 14.8. The molecule has 0 aromatic heterocycles. The van der Waals surface area contributed by atoms with Crippen LogP contribution in [0.15, 0.2) is 48.5 Å². The molecule has 0 bridgehead atoms. The second kappa shape index (κ2) is 7.19. The summed E-state index contributed by atoms with van der Waals surface area (Å²) < 4.78 is 37.0. The zero-order valence-electron chi connectivity index (χ0n) is 14.9. The normalized spacial score (nSPS) is 15.5. The zero-order chi connectivity index (χ0) is 18.9. The minimum atomic E-state index is -3.12. The molecular formula is C20H22FNO3S. The standard InChI is InChI=1S/C20H22FNO3S/c1-14(18-5-3-4-6-19(18)21)22(17-11-12-17)20(23)16-9-7-15(8-10-16)13-26(2,24)25/h3-10,14,17H,11-13H2,1-2H3. The van der Waals surface area contributed by atoms with Crippen molar-refractivity contribution in [3.8, 4) is 0 Å². The Morgan fingerprint density at radius 2 is 1.77 bits per heavy atom. The largest absolute Gasteiger partial charge is 0.329 e. The zero-order valence-corrected chi connectivity index (χ0v) is 15.7. The van der Waals surface area contributed by atoms with Crippen LogP contribution in [0.3, 0.4) is 0 Å². The van der Waals surface area contributed by atoms with Crippen LogP contribution >= 0.6 is 0 Å². The number of halogens is 1. The molecule has 0 radical (unpaired) electrons. The van der Waals surface area contributed by atoms with E-state index in [-0.39, 0.29) is 29.6 Å². The molecule has 0 aliphatic heterocycles. The minimum absolute atomic E-state index is 0.0561. The van der Waals surface area contributed by atoms with Gasteiger partial charge in [-0.25, -0.2) is 12.8 Å². The number of carbonyl (C=O) groups excluding carboxylic acids is 1. The summed E-state index contributed by atoms with van der Waals surface area (Å²) in [5, 5.41) is 0. The first kappa shape index (κ1) is 18.6. The van der Waals surface area contributed by atoms with E-state index < -0.39 is 9.84 Å². The molecule has 0 heterocycles. The van der Waals surface area contributed by atoms with Crippen molar-refractivity contribution in [1.29, 1.82) is 0 Å². The fourth-order valence-corrected chi connectivity index (χ4v) is 3.97. The highest BCUT2D eigenvalue weighted by atomic mass is 32.2. The molecule has 1 amide bonds. The quantitative estimate of drug-likeness (QED) is 0.773. The molecule has 1 aliphatic carbocycles. The predicted molar refractivity (Wildman–Crippen MR) is 99.0 cm³/mol. The van der Waals surface area contributed by atoms with E-state index in [2.05, 4.69) is 0 Å². The Bertz CT molecular complexity index is 905. The van der Waals surface area contributed by atoms with Crippen molar-refractivity contribution in [2.45, 2.75) is 37.6 Å². The monoisotopic (exact) mass is 375 g/mol. The van der Waals surface area contributed by atoms with E-state index in [0.29, 0.717) is 16.7 Å². The van der Waals surface area contributed by atoms with Gasteiger partial charge in [0.1, 0.15) is 5.82 Å². The highest BCUT2D eigenvalue weighted by molar-refractivity contribution is 7.89. The predicted octanol–water partition coefficient (Wildman–Crippen LogP) is 3.74. The summed E-state index contributed by atoms with van der Waals surface area (Å²) in [7, 11) is -3.12. The van der Waals surface area contributed by atoms with Gasteiger partial charge < -0.3 is 4.90 Å². The van der Waals surface area contributed by atoms with Crippen molar-refractivity contribution >= 4 is 15.7 Å². The number of amides is 1. The number of rotatable bonds is 6. The van der Waals surface area contributed by atoms with Gasteiger partial charge in [0.2, 0.25) is 0 Å². The molecule has 0 N–H and O–H groups in total.